The molecule has 0 saturated heterocycles. The summed E-state index contributed by atoms with van der Waals surface area (Å²) in [6.07, 6.45) is -2.50. The minimum absolute atomic E-state index is 0.0265. The summed E-state index contributed by atoms with van der Waals surface area (Å²) >= 11 is 0. The molecule has 17 heavy (non-hydrogen) atoms. The maximum Gasteiger partial charge on any atom is 0.337 e. The molecule has 1 heterocycles. The Morgan fingerprint density at radius 1 is 1.53 bits per heavy atom. The number of imidazole rings is 1. The molecule has 0 radical (unpaired) electrons. The number of aromatic carboxylic acids is 1. The Morgan fingerprint density at radius 2 is 2.24 bits per heavy atom. The molecular formula is C11H10F2N2O2. The van der Waals surface area contributed by atoms with E-state index in [9.17, 15) is 13.6 Å². The van der Waals surface area contributed by atoms with Gasteiger partial charge in [0.1, 0.15) is 11.3 Å². The molecule has 4 nitrogen and oxygen atoms in total. The number of benzene rings is 1. The van der Waals surface area contributed by atoms with Crippen LogP contribution in [0.5, 0.6) is 0 Å². The maximum atomic E-state index is 12.4. The van der Waals surface area contributed by atoms with Gasteiger partial charge in [-0.05, 0) is 19.1 Å². The lowest BCUT2D eigenvalue weighted by atomic mass is 10.2. The van der Waals surface area contributed by atoms with Gasteiger partial charge in [0.05, 0.1) is 17.6 Å². The van der Waals surface area contributed by atoms with E-state index in [1.165, 1.54) is 16.7 Å². The van der Waals surface area contributed by atoms with Gasteiger partial charge in [0.25, 0.3) is 6.43 Å². The van der Waals surface area contributed by atoms with Gasteiger partial charge in [-0.1, -0.05) is 6.07 Å². The summed E-state index contributed by atoms with van der Waals surface area (Å²) < 4.78 is 26.1. The van der Waals surface area contributed by atoms with Crippen LogP contribution in [0.3, 0.4) is 0 Å². The van der Waals surface area contributed by atoms with Crippen LogP contribution in [-0.2, 0) is 6.54 Å². The molecule has 2 aromatic rings. The fraction of sp³-hybridized carbons (Fsp3) is 0.273. The Labute approximate surface area is 95.5 Å². The molecule has 0 bridgehead atoms. The van der Waals surface area contributed by atoms with Crippen molar-refractivity contribution in [1.82, 2.24) is 9.55 Å². The number of para-hydroxylation sites is 1. The molecule has 0 fully saturated rings. The smallest absolute Gasteiger partial charge is 0.337 e. The van der Waals surface area contributed by atoms with Crippen molar-refractivity contribution < 1.29 is 18.7 Å². The Balaban J connectivity index is 2.67. The van der Waals surface area contributed by atoms with Crippen LogP contribution < -0.4 is 0 Å². The zero-order chi connectivity index (χ0) is 12.6. The van der Waals surface area contributed by atoms with E-state index in [0.29, 0.717) is 11.3 Å². The van der Waals surface area contributed by atoms with Gasteiger partial charge in [-0.25, -0.2) is 18.6 Å². The first-order chi connectivity index (χ1) is 8.00. The van der Waals surface area contributed by atoms with Crippen molar-refractivity contribution in [3.8, 4) is 0 Å². The lowest BCUT2D eigenvalue weighted by Crippen LogP contribution is -2.08. The van der Waals surface area contributed by atoms with Crippen molar-refractivity contribution in [2.75, 3.05) is 0 Å². The summed E-state index contributed by atoms with van der Waals surface area (Å²) in [6.45, 7) is 1.10. The number of hydrogen-bond acceptors (Lipinski definition) is 2. The Kier molecular flexibility index (Phi) is 2.79. The van der Waals surface area contributed by atoms with Crippen molar-refractivity contribution in [1.29, 1.82) is 0 Å². The first-order valence-corrected chi connectivity index (χ1v) is 4.98. The van der Waals surface area contributed by atoms with E-state index < -0.39 is 18.9 Å². The average Bonchev–Trinajstić information content (AvgIpc) is 2.54. The van der Waals surface area contributed by atoms with E-state index in [1.807, 2.05) is 0 Å². The molecule has 0 aliphatic rings. The van der Waals surface area contributed by atoms with Crippen molar-refractivity contribution in [3.63, 3.8) is 0 Å². The zero-order valence-corrected chi connectivity index (χ0v) is 9.02. The molecule has 0 amide bonds. The van der Waals surface area contributed by atoms with Crippen molar-refractivity contribution in [2.45, 2.75) is 19.9 Å². The lowest BCUT2D eigenvalue weighted by molar-refractivity contribution is 0.0699. The molecule has 0 atom stereocenters. The van der Waals surface area contributed by atoms with Gasteiger partial charge in [0, 0.05) is 0 Å². The van der Waals surface area contributed by atoms with Crippen LogP contribution in [0, 0.1) is 6.92 Å². The number of halogens is 2. The monoisotopic (exact) mass is 240 g/mol. The molecule has 2 rings (SSSR count). The van der Waals surface area contributed by atoms with Gasteiger partial charge in [-0.2, -0.15) is 0 Å². The van der Waals surface area contributed by atoms with E-state index in [2.05, 4.69) is 4.98 Å². The molecule has 0 unspecified atom stereocenters. The zero-order valence-electron chi connectivity index (χ0n) is 9.02. The summed E-state index contributed by atoms with van der Waals surface area (Å²) in [7, 11) is 0. The minimum atomic E-state index is -2.50. The van der Waals surface area contributed by atoms with Crippen molar-refractivity contribution in [3.05, 3.63) is 29.6 Å². The predicted molar refractivity (Wildman–Crippen MR) is 57.4 cm³/mol. The Hall–Kier alpha value is -1.98. The van der Waals surface area contributed by atoms with E-state index in [-0.39, 0.29) is 11.1 Å². The Bertz CT molecular complexity index is 578. The molecule has 1 aromatic carbocycles. The van der Waals surface area contributed by atoms with Crippen LogP contribution in [-0.4, -0.2) is 27.1 Å². The third-order valence-corrected chi connectivity index (χ3v) is 2.52. The van der Waals surface area contributed by atoms with Crippen LogP contribution in [0.15, 0.2) is 18.2 Å². The number of carbonyl (C=O) groups is 1. The van der Waals surface area contributed by atoms with Crippen molar-refractivity contribution in [2.24, 2.45) is 0 Å². The van der Waals surface area contributed by atoms with Gasteiger partial charge in [0.2, 0.25) is 0 Å². The number of carboxylic acids is 1. The van der Waals surface area contributed by atoms with Crippen LogP contribution in [0.1, 0.15) is 16.2 Å². The first-order valence-electron chi connectivity index (χ1n) is 4.98. The predicted octanol–water partition coefficient (Wildman–Crippen LogP) is 2.31. The molecular weight excluding hydrogens is 230 g/mol. The number of fused-ring (bicyclic) bond motifs is 1. The van der Waals surface area contributed by atoms with Gasteiger partial charge < -0.3 is 9.67 Å². The first kappa shape index (κ1) is 11.5. The number of aryl methyl sites for hydroxylation is 1. The van der Waals surface area contributed by atoms with Crippen molar-refractivity contribution >= 4 is 17.0 Å². The maximum absolute atomic E-state index is 12.4. The second kappa shape index (κ2) is 4.12. The number of alkyl halides is 2. The second-order valence-corrected chi connectivity index (χ2v) is 3.64. The number of nitrogens with zero attached hydrogens (tertiary/aromatic N) is 2. The molecule has 1 aromatic heterocycles. The fourth-order valence-corrected chi connectivity index (χ4v) is 1.80. The highest BCUT2D eigenvalue weighted by molar-refractivity contribution is 6.01. The number of carboxylic acid groups (broad SMARTS) is 1. The standard InChI is InChI=1S/C11H10F2N2O2/c1-6-14-10-7(11(16)17)3-2-4-8(10)15(6)5-9(12)13/h2-4,9H,5H2,1H3,(H,16,17). The van der Waals surface area contributed by atoms with Crippen LogP contribution in [0.4, 0.5) is 8.78 Å². The number of aromatic nitrogens is 2. The van der Waals surface area contributed by atoms with Crippen LogP contribution in [0.25, 0.3) is 11.0 Å². The van der Waals surface area contributed by atoms with Gasteiger partial charge >= 0.3 is 5.97 Å². The molecule has 6 heteroatoms. The van der Waals surface area contributed by atoms with Gasteiger partial charge in [0.15, 0.2) is 0 Å². The number of hydrogen-bond donors (Lipinski definition) is 1. The topological polar surface area (TPSA) is 55.1 Å². The third-order valence-electron chi connectivity index (χ3n) is 2.52. The normalized spacial score (nSPS) is 11.3. The van der Waals surface area contributed by atoms with Gasteiger partial charge in [-0.3, -0.25) is 0 Å². The van der Waals surface area contributed by atoms with Gasteiger partial charge in [-0.15, -0.1) is 0 Å². The SMILES string of the molecule is Cc1nc2c(C(=O)O)cccc2n1CC(F)F. The highest BCUT2D eigenvalue weighted by atomic mass is 19.3. The molecule has 1 N–H and O–H groups in total. The highest BCUT2D eigenvalue weighted by Gasteiger charge is 2.16. The summed E-state index contributed by atoms with van der Waals surface area (Å²) in [5.74, 6) is -0.730. The molecule has 0 spiro atoms. The van der Waals surface area contributed by atoms with Crippen LogP contribution in [0.2, 0.25) is 0 Å². The van der Waals surface area contributed by atoms with Crippen LogP contribution >= 0.6 is 0 Å². The fourth-order valence-electron chi connectivity index (χ4n) is 1.80. The average molecular weight is 240 g/mol. The molecule has 0 aliphatic carbocycles. The third kappa shape index (κ3) is 1.98. The summed E-state index contributed by atoms with van der Waals surface area (Å²) in [5, 5.41) is 8.97. The molecule has 0 aliphatic heterocycles. The largest absolute Gasteiger partial charge is 0.478 e. The van der Waals surface area contributed by atoms with E-state index in [1.54, 1.807) is 13.0 Å². The summed E-state index contributed by atoms with van der Waals surface area (Å²) in [4.78, 5) is 15.0. The van der Waals surface area contributed by atoms with E-state index in [4.69, 9.17) is 5.11 Å². The lowest BCUT2D eigenvalue weighted by Gasteiger charge is -2.05. The minimum Gasteiger partial charge on any atom is -0.478 e. The Morgan fingerprint density at radius 3 is 2.82 bits per heavy atom. The highest BCUT2D eigenvalue weighted by Crippen LogP contribution is 2.21. The molecule has 90 valence electrons. The van der Waals surface area contributed by atoms with E-state index >= 15 is 0 Å². The summed E-state index contributed by atoms with van der Waals surface area (Å²) in [6, 6.07) is 4.52. The number of rotatable bonds is 3. The summed E-state index contributed by atoms with van der Waals surface area (Å²) in [5.41, 5.74) is 0.694. The second-order valence-electron chi connectivity index (χ2n) is 3.64. The molecule has 0 saturated carbocycles. The quantitative estimate of drug-likeness (QED) is 0.895. The van der Waals surface area contributed by atoms with E-state index in [0.717, 1.165) is 0 Å².